The van der Waals surface area contributed by atoms with Crippen molar-refractivity contribution in [2.45, 2.75) is 46.6 Å². The monoisotopic (exact) mass is 281 g/mol. The maximum Gasteiger partial charge on any atom is 0.107 e. The Morgan fingerprint density at radius 3 is 2.84 bits per heavy atom. The molecule has 0 saturated carbocycles. The van der Waals surface area contributed by atoms with Crippen molar-refractivity contribution in [1.29, 1.82) is 0 Å². The minimum atomic E-state index is 0.822. The van der Waals surface area contributed by atoms with Crippen LogP contribution in [-0.4, -0.2) is 36.1 Å². The molecule has 0 radical (unpaired) electrons. The number of hydrogen-bond acceptors (Lipinski definition) is 4. The molecule has 3 nitrogen and oxygen atoms in total. The molecule has 1 aromatic rings. The SMILES string of the molecule is CCCN(Cc1nc(C)c(C)s1)CC1CCCNC1. The summed E-state index contributed by atoms with van der Waals surface area (Å²) in [6.07, 6.45) is 3.94. The van der Waals surface area contributed by atoms with Crippen molar-refractivity contribution in [3.05, 3.63) is 15.6 Å². The smallest absolute Gasteiger partial charge is 0.107 e. The summed E-state index contributed by atoms with van der Waals surface area (Å²) in [5.74, 6) is 0.822. The summed E-state index contributed by atoms with van der Waals surface area (Å²) in [7, 11) is 0. The molecule has 1 saturated heterocycles. The van der Waals surface area contributed by atoms with Crippen molar-refractivity contribution >= 4 is 11.3 Å². The standard InChI is InChI=1S/C15H27N3S/c1-4-8-18(10-14-6-5-7-16-9-14)11-15-17-12(2)13(3)19-15/h14,16H,4-11H2,1-3H3. The molecule has 1 fully saturated rings. The number of thiazole rings is 1. The molecule has 1 aliphatic heterocycles. The summed E-state index contributed by atoms with van der Waals surface area (Å²) in [6.45, 7) is 12.4. The molecule has 1 aliphatic rings. The van der Waals surface area contributed by atoms with Crippen molar-refractivity contribution in [3.63, 3.8) is 0 Å². The first-order valence-electron chi connectivity index (χ1n) is 7.55. The zero-order chi connectivity index (χ0) is 13.7. The number of nitrogens with zero attached hydrogens (tertiary/aromatic N) is 2. The minimum Gasteiger partial charge on any atom is -0.316 e. The van der Waals surface area contributed by atoms with Crippen LogP contribution in [0, 0.1) is 19.8 Å². The van der Waals surface area contributed by atoms with Crippen LogP contribution in [0.15, 0.2) is 0 Å². The third kappa shape index (κ3) is 4.55. The van der Waals surface area contributed by atoms with Crippen molar-refractivity contribution < 1.29 is 0 Å². The quantitative estimate of drug-likeness (QED) is 0.869. The highest BCUT2D eigenvalue weighted by Crippen LogP contribution is 2.20. The molecule has 1 atom stereocenters. The molecule has 0 aliphatic carbocycles. The third-order valence-electron chi connectivity index (χ3n) is 3.89. The largest absolute Gasteiger partial charge is 0.316 e. The van der Waals surface area contributed by atoms with Crippen LogP contribution in [0.4, 0.5) is 0 Å². The topological polar surface area (TPSA) is 28.2 Å². The Bertz CT molecular complexity index is 363. The number of nitrogens with one attached hydrogen (secondary N) is 1. The maximum atomic E-state index is 4.69. The number of hydrogen-bond donors (Lipinski definition) is 1. The first-order chi connectivity index (χ1) is 9.19. The molecule has 0 aromatic carbocycles. The molecule has 0 spiro atoms. The van der Waals surface area contributed by atoms with Gasteiger partial charge in [-0.05, 0) is 58.7 Å². The van der Waals surface area contributed by atoms with Crippen LogP contribution in [0.2, 0.25) is 0 Å². The predicted octanol–water partition coefficient (Wildman–Crippen LogP) is 2.97. The average Bonchev–Trinajstić information content (AvgIpc) is 2.70. The Balaban J connectivity index is 1.91. The van der Waals surface area contributed by atoms with E-state index in [1.807, 2.05) is 11.3 Å². The van der Waals surface area contributed by atoms with Crippen LogP contribution < -0.4 is 5.32 Å². The Kier molecular flexibility index (Phi) is 5.79. The molecular formula is C15H27N3S. The summed E-state index contributed by atoms with van der Waals surface area (Å²) in [6, 6.07) is 0. The van der Waals surface area contributed by atoms with E-state index < -0.39 is 0 Å². The summed E-state index contributed by atoms with van der Waals surface area (Å²) in [5, 5.41) is 4.80. The van der Waals surface area contributed by atoms with Gasteiger partial charge in [-0.15, -0.1) is 11.3 Å². The van der Waals surface area contributed by atoms with Crippen LogP contribution in [0.25, 0.3) is 0 Å². The molecule has 1 N–H and O–H groups in total. The van der Waals surface area contributed by atoms with Gasteiger partial charge in [0.2, 0.25) is 0 Å². The lowest BCUT2D eigenvalue weighted by molar-refractivity contribution is 0.201. The van der Waals surface area contributed by atoms with Gasteiger partial charge in [-0.2, -0.15) is 0 Å². The number of aromatic nitrogens is 1. The van der Waals surface area contributed by atoms with Gasteiger partial charge in [0.15, 0.2) is 0 Å². The fourth-order valence-corrected chi connectivity index (χ4v) is 3.77. The van der Waals surface area contributed by atoms with E-state index in [1.165, 1.54) is 61.0 Å². The van der Waals surface area contributed by atoms with E-state index in [-0.39, 0.29) is 0 Å². The first kappa shape index (κ1) is 14.9. The van der Waals surface area contributed by atoms with Crippen molar-refractivity contribution in [3.8, 4) is 0 Å². The summed E-state index contributed by atoms with van der Waals surface area (Å²) in [5.41, 5.74) is 1.20. The van der Waals surface area contributed by atoms with Gasteiger partial charge in [0.05, 0.1) is 12.2 Å². The van der Waals surface area contributed by atoms with Gasteiger partial charge in [0.1, 0.15) is 5.01 Å². The molecular weight excluding hydrogens is 254 g/mol. The van der Waals surface area contributed by atoms with Crippen molar-refractivity contribution in [2.75, 3.05) is 26.2 Å². The summed E-state index contributed by atoms with van der Waals surface area (Å²) < 4.78 is 0. The van der Waals surface area contributed by atoms with Crippen LogP contribution in [-0.2, 0) is 6.54 Å². The van der Waals surface area contributed by atoms with Crippen molar-refractivity contribution in [1.82, 2.24) is 15.2 Å². The van der Waals surface area contributed by atoms with Gasteiger partial charge >= 0.3 is 0 Å². The molecule has 19 heavy (non-hydrogen) atoms. The number of aryl methyl sites for hydroxylation is 2. The van der Waals surface area contributed by atoms with E-state index in [9.17, 15) is 0 Å². The fraction of sp³-hybridized carbons (Fsp3) is 0.800. The highest BCUT2D eigenvalue weighted by atomic mass is 32.1. The van der Waals surface area contributed by atoms with E-state index >= 15 is 0 Å². The Hall–Kier alpha value is -0.450. The zero-order valence-corrected chi connectivity index (χ0v) is 13.4. The molecule has 2 heterocycles. The lowest BCUT2D eigenvalue weighted by Crippen LogP contribution is -2.38. The second-order valence-corrected chi connectivity index (χ2v) is 6.98. The van der Waals surface area contributed by atoms with Crippen molar-refractivity contribution in [2.24, 2.45) is 5.92 Å². The predicted molar refractivity (Wildman–Crippen MR) is 82.7 cm³/mol. The second kappa shape index (κ2) is 7.36. The van der Waals surface area contributed by atoms with Gasteiger partial charge in [-0.3, -0.25) is 4.90 Å². The Morgan fingerprint density at radius 1 is 1.42 bits per heavy atom. The second-order valence-electron chi connectivity index (χ2n) is 5.70. The van der Waals surface area contributed by atoms with Crippen LogP contribution in [0.3, 0.4) is 0 Å². The maximum absolute atomic E-state index is 4.69. The van der Waals surface area contributed by atoms with Crippen LogP contribution in [0.1, 0.15) is 41.8 Å². The third-order valence-corrected chi connectivity index (χ3v) is 4.94. The first-order valence-corrected chi connectivity index (χ1v) is 8.36. The lowest BCUT2D eigenvalue weighted by atomic mass is 9.99. The van der Waals surface area contributed by atoms with Gasteiger partial charge < -0.3 is 5.32 Å². The summed E-state index contributed by atoms with van der Waals surface area (Å²) >= 11 is 1.86. The Labute approximate surface area is 121 Å². The van der Waals surface area contributed by atoms with Gasteiger partial charge in [-0.25, -0.2) is 4.98 Å². The van der Waals surface area contributed by atoms with Gasteiger partial charge in [0, 0.05) is 11.4 Å². The number of piperidine rings is 1. The normalized spacial score (nSPS) is 20.1. The van der Waals surface area contributed by atoms with Gasteiger partial charge in [0.25, 0.3) is 0 Å². The lowest BCUT2D eigenvalue weighted by Gasteiger charge is -2.29. The van der Waals surface area contributed by atoms with E-state index in [2.05, 4.69) is 36.0 Å². The summed E-state index contributed by atoms with van der Waals surface area (Å²) in [4.78, 5) is 8.65. The van der Waals surface area contributed by atoms with E-state index in [0.717, 1.165) is 12.5 Å². The molecule has 0 amide bonds. The molecule has 2 rings (SSSR count). The number of rotatable bonds is 6. The van der Waals surface area contributed by atoms with Crippen LogP contribution in [0.5, 0.6) is 0 Å². The minimum absolute atomic E-state index is 0.822. The highest BCUT2D eigenvalue weighted by molar-refractivity contribution is 7.11. The van der Waals surface area contributed by atoms with E-state index in [1.54, 1.807) is 0 Å². The van der Waals surface area contributed by atoms with E-state index in [0.29, 0.717) is 0 Å². The van der Waals surface area contributed by atoms with Gasteiger partial charge in [-0.1, -0.05) is 6.92 Å². The zero-order valence-electron chi connectivity index (χ0n) is 12.5. The van der Waals surface area contributed by atoms with E-state index in [4.69, 9.17) is 0 Å². The highest BCUT2D eigenvalue weighted by Gasteiger charge is 2.17. The molecule has 1 unspecified atom stereocenters. The van der Waals surface area contributed by atoms with Crippen LogP contribution >= 0.6 is 11.3 Å². The molecule has 4 heteroatoms. The fourth-order valence-electron chi connectivity index (χ4n) is 2.79. The molecule has 1 aromatic heterocycles. The molecule has 108 valence electrons. The average molecular weight is 281 g/mol. The Morgan fingerprint density at radius 2 is 2.26 bits per heavy atom. The molecule has 0 bridgehead atoms.